The van der Waals surface area contributed by atoms with E-state index in [4.69, 9.17) is 0 Å². The van der Waals surface area contributed by atoms with Crippen LogP contribution in [0.5, 0.6) is 0 Å². The van der Waals surface area contributed by atoms with E-state index in [1.165, 1.54) is 31.4 Å². The van der Waals surface area contributed by atoms with E-state index in [1.807, 2.05) is 0 Å². The molecular formula is C19H34N2. The Morgan fingerprint density at radius 1 is 1.10 bits per heavy atom. The molecule has 0 aromatic heterocycles. The van der Waals surface area contributed by atoms with Crippen LogP contribution in [0.4, 0.5) is 0 Å². The monoisotopic (exact) mass is 290 g/mol. The van der Waals surface area contributed by atoms with Crippen LogP contribution in [0.15, 0.2) is 30.3 Å². The second-order valence-corrected chi connectivity index (χ2v) is 6.71. The average molecular weight is 290 g/mol. The molecule has 1 atom stereocenters. The molecule has 0 spiro atoms. The third-order valence-electron chi connectivity index (χ3n) is 4.11. The van der Waals surface area contributed by atoms with Gasteiger partial charge in [0, 0.05) is 19.6 Å². The third kappa shape index (κ3) is 7.63. The van der Waals surface area contributed by atoms with Crippen molar-refractivity contribution < 1.29 is 0 Å². The molecule has 1 unspecified atom stereocenters. The lowest BCUT2D eigenvalue weighted by Crippen LogP contribution is -2.41. The topological polar surface area (TPSA) is 15.3 Å². The minimum atomic E-state index is 0.384. The van der Waals surface area contributed by atoms with E-state index in [1.54, 1.807) is 0 Å². The molecule has 0 aliphatic carbocycles. The SMILES string of the molecule is CCCNCC(C)(CCC)CN(C)CCc1ccccc1. The number of nitrogens with one attached hydrogen (secondary N) is 1. The second kappa shape index (κ2) is 9.97. The largest absolute Gasteiger partial charge is 0.316 e. The van der Waals surface area contributed by atoms with Crippen LogP contribution in [0.1, 0.15) is 45.6 Å². The van der Waals surface area contributed by atoms with Gasteiger partial charge in [0.25, 0.3) is 0 Å². The lowest BCUT2D eigenvalue weighted by molar-refractivity contribution is 0.174. The van der Waals surface area contributed by atoms with Gasteiger partial charge in [0.15, 0.2) is 0 Å². The quantitative estimate of drug-likeness (QED) is 0.620. The Labute approximate surface area is 131 Å². The van der Waals surface area contributed by atoms with Crippen molar-refractivity contribution in [2.45, 2.75) is 46.5 Å². The molecule has 1 aromatic rings. The number of likely N-dealkylation sites (N-methyl/N-ethyl adjacent to an activating group) is 1. The van der Waals surface area contributed by atoms with Crippen molar-refractivity contribution in [1.82, 2.24) is 10.2 Å². The van der Waals surface area contributed by atoms with Crippen LogP contribution < -0.4 is 5.32 Å². The number of rotatable bonds is 11. The summed E-state index contributed by atoms with van der Waals surface area (Å²) in [7, 11) is 2.26. The van der Waals surface area contributed by atoms with Gasteiger partial charge in [-0.05, 0) is 43.8 Å². The van der Waals surface area contributed by atoms with Gasteiger partial charge in [0.2, 0.25) is 0 Å². The molecule has 120 valence electrons. The van der Waals surface area contributed by atoms with Crippen molar-refractivity contribution in [3.63, 3.8) is 0 Å². The first-order valence-electron chi connectivity index (χ1n) is 8.53. The summed E-state index contributed by atoms with van der Waals surface area (Å²) in [5, 5.41) is 3.61. The molecule has 0 fully saturated rings. The maximum absolute atomic E-state index is 3.61. The third-order valence-corrected chi connectivity index (χ3v) is 4.11. The smallest absolute Gasteiger partial charge is 0.00446 e. The summed E-state index contributed by atoms with van der Waals surface area (Å²) in [5.74, 6) is 0. The van der Waals surface area contributed by atoms with Crippen molar-refractivity contribution in [1.29, 1.82) is 0 Å². The van der Waals surface area contributed by atoms with Crippen LogP contribution in [0.25, 0.3) is 0 Å². The van der Waals surface area contributed by atoms with Gasteiger partial charge in [-0.25, -0.2) is 0 Å². The molecule has 1 aromatic carbocycles. The number of hydrogen-bond acceptors (Lipinski definition) is 2. The Bertz CT molecular complexity index is 363. The summed E-state index contributed by atoms with van der Waals surface area (Å²) in [6.07, 6.45) is 4.91. The highest BCUT2D eigenvalue weighted by Gasteiger charge is 2.24. The zero-order valence-corrected chi connectivity index (χ0v) is 14.5. The average Bonchev–Trinajstić information content (AvgIpc) is 2.47. The molecule has 0 radical (unpaired) electrons. The fourth-order valence-corrected chi connectivity index (χ4v) is 3.09. The predicted molar refractivity (Wildman–Crippen MR) is 93.8 cm³/mol. The lowest BCUT2D eigenvalue weighted by atomic mass is 9.84. The minimum Gasteiger partial charge on any atom is -0.316 e. The normalized spacial score (nSPS) is 14.3. The van der Waals surface area contributed by atoms with Gasteiger partial charge >= 0.3 is 0 Å². The summed E-state index contributed by atoms with van der Waals surface area (Å²) >= 11 is 0. The van der Waals surface area contributed by atoms with Crippen molar-refractivity contribution in [2.75, 3.05) is 33.2 Å². The highest BCUT2D eigenvalue weighted by atomic mass is 15.1. The van der Waals surface area contributed by atoms with Crippen molar-refractivity contribution in [3.05, 3.63) is 35.9 Å². The van der Waals surface area contributed by atoms with Crippen LogP contribution in [-0.2, 0) is 6.42 Å². The van der Waals surface area contributed by atoms with Gasteiger partial charge in [0.1, 0.15) is 0 Å². The zero-order valence-electron chi connectivity index (χ0n) is 14.5. The minimum absolute atomic E-state index is 0.384. The highest BCUT2D eigenvalue weighted by molar-refractivity contribution is 5.14. The van der Waals surface area contributed by atoms with Gasteiger partial charge < -0.3 is 10.2 Å². The molecule has 1 N–H and O–H groups in total. The first-order chi connectivity index (χ1) is 10.1. The first-order valence-corrected chi connectivity index (χ1v) is 8.53. The molecule has 0 saturated carbocycles. The second-order valence-electron chi connectivity index (χ2n) is 6.71. The number of nitrogens with zero attached hydrogens (tertiary/aromatic N) is 1. The summed E-state index contributed by atoms with van der Waals surface area (Å²) in [5.41, 5.74) is 1.82. The molecule has 0 aliphatic heterocycles. The van der Waals surface area contributed by atoms with Gasteiger partial charge in [0.05, 0.1) is 0 Å². The lowest BCUT2D eigenvalue weighted by Gasteiger charge is -2.34. The summed E-state index contributed by atoms with van der Waals surface area (Å²) < 4.78 is 0. The van der Waals surface area contributed by atoms with Gasteiger partial charge in [-0.1, -0.05) is 57.5 Å². The van der Waals surface area contributed by atoms with E-state index >= 15 is 0 Å². The fourth-order valence-electron chi connectivity index (χ4n) is 3.09. The van der Waals surface area contributed by atoms with Gasteiger partial charge in [-0.3, -0.25) is 0 Å². The van der Waals surface area contributed by atoms with E-state index in [-0.39, 0.29) is 0 Å². The van der Waals surface area contributed by atoms with E-state index in [0.717, 1.165) is 26.1 Å². The molecule has 2 heteroatoms. The molecule has 0 heterocycles. The summed E-state index contributed by atoms with van der Waals surface area (Å²) in [6.45, 7) is 11.5. The number of hydrogen-bond donors (Lipinski definition) is 1. The van der Waals surface area contributed by atoms with E-state index in [9.17, 15) is 0 Å². The molecule has 21 heavy (non-hydrogen) atoms. The first kappa shape index (κ1) is 18.2. The number of benzene rings is 1. The Morgan fingerprint density at radius 2 is 1.81 bits per heavy atom. The van der Waals surface area contributed by atoms with E-state index < -0.39 is 0 Å². The van der Waals surface area contributed by atoms with Crippen LogP contribution in [0, 0.1) is 5.41 Å². The van der Waals surface area contributed by atoms with Crippen LogP contribution in [-0.4, -0.2) is 38.1 Å². The molecule has 2 nitrogen and oxygen atoms in total. The maximum Gasteiger partial charge on any atom is 0.00446 e. The van der Waals surface area contributed by atoms with Crippen molar-refractivity contribution >= 4 is 0 Å². The molecule has 0 amide bonds. The summed E-state index contributed by atoms with van der Waals surface area (Å²) in [6, 6.07) is 10.8. The summed E-state index contributed by atoms with van der Waals surface area (Å²) in [4.78, 5) is 2.50. The molecule has 0 saturated heterocycles. The molecule has 0 bridgehead atoms. The van der Waals surface area contributed by atoms with Crippen LogP contribution >= 0.6 is 0 Å². The fraction of sp³-hybridized carbons (Fsp3) is 0.684. The Kier molecular flexibility index (Phi) is 8.63. The molecule has 1 rings (SSSR count). The zero-order chi connectivity index (χ0) is 15.6. The molecular weight excluding hydrogens is 256 g/mol. The molecule has 0 aliphatic rings. The Hall–Kier alpha value is -0.860. The van der Waals surface area contributed by atoms with E-state index in [0.29, 0.717) is 5.41 Å². The Morgan fingerprint density at radius 3 is 2.43 bits per heavy atom. The van der Waals surface area contributed by atoms with Gasteiger partial charge in [-0.15, -0.1) is 0 Å². The van der Waals surface area contributed by atoms with Crippen LogP contribution in [0.3, 0.4) is 0 Å². The van der Waals surface area contributed by atoms with E-state index in [2.05, 4.69) is 68.4 Å². The predicted octanol–water partition coefficient (Wildman–Crippen LogP) is 3.97. The van der Waals surface area contributed by atoms with Crippen LogP contribution in [0.2, 0.25) is 0 Å². The standard InChI is InChI=1S/C19H34N2/c1-5-13-19(3,16-20-14-6-2)17-21(4)15-12-18-10-8-7-9-11-18/h7-11,20H,5-6,12-17H2,1-4H3. The maximum atomic E-state index is 3.61. The highest BCUT2D eigenvalue weighted by Crippen LogP contribution is 2.23. The van der Waals surface area contributed by atoms with Crippen molar-refractivity contribution in [2.24, 2.45) is 5.41 Å². The van der Waals surface area contributed by atoms with Gasteiger partial charge in [-0.2, -0.15) is 0 Å². The Balaban J connectivity index is 2.41. The van der Waals surface area contributed by atoms with Crippen molar-refractivity contribution in [3.8, 4) is 0 Å².